The van der Waals surface area contributed by atoms with Crippen LogP contribution < -0.4 is 0 Å². The van der Waals surface area contributed by atoms with Crippen molar-refractivity contribution in [2.75, 3.05) is 6.54 Å². The number of nitrogens with one attached hydrogen (secondary N) is 1. The van der Waals surface area contributed by atoms with E-state index in [1.165, 1.54) is 19.3 Å². The van der Waals surface area contributed by atoms with Gasteiger partial charge in [0.05, 0.1) is 6.54 Å². The molecule has 24 heavy (non-hydrogen) atoms. The van der Waals surface area contributed by atoms with Gasteiger partial charge in [-0.25, -0.2) is 4.98 Å². The van der Waals surface area contributed by atoms with Gasteiger partial charge in [0.15, 0.2) is 5.89 Å². The Morgan fingerprint density at radius 3 is 3.04 bits per heavy atom. The molecule has 3 aromatic rings. The van der Waals surface area contributed by atoms with E-state index in [1.807, 2.05) is 35.4 Å². The molecule has 1 N–H and O–H groups in total. The molecular formula is C19H19N3O2. The summed E-state index contributed by atoms with van der Waals surface area (Å²) in [7, 11) is 0. The molecule has 1 saturated carbocycles. The van der Waals surface area contributed by atoms with Gasteiger partial charge in [0.25, 0.3) is 5.91 Å². The number of carbonyl (C=O) groups excluding carboxylic acids is 1. The molecule has 1 aromatic carbocycles. The van der Waals surface area contributed by atoms with Crippen LogP contribution in [0.1, 0.15) is 52.9 Å². The Kier molecular flexibility index (Phi) is 3.01. The van der Waals surface area contributed by atoms with Gasteiger partial charge in [-0.2, -0.15) is 0 Å². The smallest absolute Gasteiger partial charge is 0.254 e. The lowest BCUT2D eigenvalue weighted by molar-refractivity contribution is 0.0730. The molecule has 3 heterocycles. The topological polar surface area (TPSA) is 62.1 Å². The third kappa shape index (κ3) is 2.08. The summed E-state index contributed by atoms with van der Waals surface area (Å²) in [5, 5.41) is 0.976. The maximum atomic E-state index is 13.0. The van der Waals surface area contributed by atoms with Crippen LogP contribution in [0.15, 0.2) is 34.9 Å². The molecule has 2 aromatic heterocycles. The van der Waals surface area contributed by atoms with Gasteiger partial charge in [0.2, 0.25) is 0 Å². The van der Waals surface area contributed by atoms with E-state index in [1.54, 1.807) is 0 Å². The predicted octanol–water partition coefficient (Wildman–Crippen LogP) is 3.62. The van der Waals surface area contributed by atoms with E-state index in [2.05, 4.69) is 9.97 Å². The van der Waals surface area contributed by atoms with Gasteiger partial charge >= 0.3 is 0 Å². The molecule has 2 aliphatic rings. The molecule has 0 atom stereocenters. The lowest BCUT2D eigenvalue weighted by atomic mass is 9.85. The summed E-state index contributed by atoms with van der Waals surface area (Å²) in [6, 6.07) is 7.77. The van der Waals surface area contributed by atoms with Gasteiger partial charge in [0, 0.05) is 41.5 Å². The number of amides is 1. The van der Waals surface area contributed by atoms with Crippen LogP contribution in [0, 0.1) is 0 Å². The van der Waals surface area contributed by atoms with Crippen molar-refractivity contribution in [2.45, 2.75) is 38.1 Å². The number of oxazole rings is 1. The molecule has 0 saturated heterocycles. The maximum absolute atomic E-state index is 13.0. The van der Waals surface area contributed by atoms with Crippen LogP contribution in [0.25, 0.3) is 10.9 Å². The first kappa shape index (κ1) is 13.8. The lowest BCUT2D eigenvalue weighted by Crippen LogP contribution is -2.35. The highest BCUT2D eigenvalue weighted by Gasteiger charge is 2.30. The van der Waals surface area contributed by atoms with E-state index >= 15 is 0 Å². The van der Waals surface area contributed by atoms with Gasteiger partial charge in [0.1, 0.15) is 11.5 Å². The summed E-state index contributed by atoms with van der Waals surface area (Å²) < 4.78 is 5.95. The number of benzene rings is 1. The van der Waals surface area contributed by atoms with Gasteiger partial charge < -0.3 is 14.3 Å². The third-order valence-corrected chi connectivity index (χ3v) is 5.31. The highest BCUT2D eigenvalue weighted by atomic mass is 16.4. The highest BCUT2D eigenvalue weighted by molar-refractivity contribution is 6.06. The van der Waals surface area contributed by atoms with Crippen LogP contribution >= 0.6 is 0 Å². The fourth-order valence-corrected chi connectivity index (χ4v) is 3.66. The van der Waals surface area contributed by atoms with Crippen LogP contribution in [0.3, 0.4) is 0 Å². The highest BCUT2D eigenvalue weighted by Crippen LogP contribution is 2.37. The molecule has 5 heteroatoms. The predicted molar refractivity (Wildman–Crippen MR) is 89.8 cm³/mol. The normalized spacial score (nSPS) is 17.8. The van der Waals surface area contributed by atoms with E-state index in [0.29, 0.717) is 19.0 Å². The van der Waals surface area contributed by atoms with E-state index in [0.717, 1.165) is 40.2 Å². The molecule has 5 nitrogen and oxygen atoms in total. The molecule has 5 rings (SSSR count). The number of hydrogen-bond acceptors (Lipinski definition) is 3. The minimum absolute atomic E-state index is 0.0686. The average Bonchev–Trinajstić information content (AvgIpc) is 3.17. The molecule has 0 unspecified atom stereocenters. The fraction of sp³-hybridized carbons (Fsp3) is 0.368. The van der Waals surface area contributed by atoms with Crippen molar-refractivity contribution in [2.24, 2.45) is 0 Å². The molecule has 122 valence electrons. The van der Waals surface area contributed by atoms with Crippen molar-refractivity contribution in [3.05, 3.63) is 53.4 Å². The standard InChI is InChI=1S/C19H19N3O2/c23-19(14-5-2-6-15-13(14)7-9-20-15)22-10-8-17-16(11-22)21-18(24-17)12-3-1-4-12/h2,5-7,9,12,20H,1,3-4,8,10-11H2. The van der Waals surface area contributed by atoms with E-state index in [4.69, 9.17) is 4.42 Å². The Labute approximate surface area is 139 Å². The fourth-order valence-electron chi connectivity index (χ4n) is 3.66. The number of aromatic nitrogens is 2. The quantitative estimate of drug-likeness (QED) is 0.784. The number of hydrogen-bond donors (Lipinski definition) is 1. The van der Waals surface area contributed by atoms with Crippen LogP contribution in [-0.4, -0.2) is 27.3 Å². The molecule has 1 amide bonds. The van der Waals surface area contributed by atoms with Crippen molar-refractivity contribution in [3.8, 4) is 0 Å². The van der Waals surface area contributed by atoms with Crippen molar-refractivity contribution >= 4 is 16.8 Å². The van der Waals surface area contributed by atoms with Crippen LogP contribution in [0.2, 0.25) is 0 Å². The number of nitrogens with zero attached hydrogens (tertiary/aromatic N) is 2. The summed E-state index contributed by atoms with van der Waals surface area (Å²) in [4.78, 5) is 22.7. The van der Waals surface area contributed by atoms with Gasteiger partial charge in [-0.1, -0.05) is 12.5 Å². The Balaban J connectivity index is 1.43. The van der Waals surface area contributed by atoms with Crippen molar-refractivity contribution in [1.29, 1.82) is 0 Å². The minimum atomic E-state index is 0.0686. The Morgan fingerprint density at radius 2 is 2.21 bits per heavy atom. The number of fused-ring (bicyclic) bond motifs is 2. The number of carbonyl (C=O) groups is 1. The summed E-state index contributed by atoms with van der Waals surface area (Å²) in [5.74, 6) is 2.42. The minimum Gasteiger partial charge on any atom is -0.445 e. The third-order valence-electron chi connectivity index (χ3n) is 5.31. The van der Waals surface area contributed by atoms with Crippen LogP contribution in [-0.2, 0) is 13.0 Å². The summed E-state index contributed by atoms with van der Waals surface area (Å²) in [6.07, 6.45) is 6.25. The molecule has 1 aliphatic carbocycles. The van der Waals surface area contributed by atoms with E-state index in [-0.39, 0.29) is 5.91 Å². The molecule has 0 spiro atoms. The van der Waals surface area contributed by atoms with Gasteiger partial charge in [-0.3, -0.25) is 4.79 Å². The largest absolute Gasteiger partial charge is 0.445 e. The SMILES string of the molecule is O=C(c1cccc2[nH]ccc12)N1CCc2oc(C3CCC3)nc2C1. The second-order valence-electron chi connectivity index (χ2n) is 6.77. The summed E-state index contributed by atoms with van der Waals surface area (Å²) in [6.45, 7) is 1.23. The number of aromatic amines is 1. The number of H-pyrrole nitrogens is 1. The Bertz CT molecular complexity index is 920. The zero-order valence-corrected chi connectivity index (χ0v) is 13.4. The Hall–Kier alpha value is -2.56. The zero-order valence-electron chi connectivity index (χ0n) is 13.4. The first-order valence-electron chi connectivity index (χ1n) is 8.63. The zero-order chi connectivity index (χ0) is 16.1. The summed E-state index contributed by atoms with van der Waals surface area (Å²) >= 11 is 0. The van der Waals surface area contributed by atoms with Crippen molar-refractivity contribution in [1.82, 2.24) is 14.9 Å². The molecule has 0 radical (unpaired) electrons. The molecule has 0 bridgehead atoms. The second-order valence-corrected chi connectivity index (χ2v) is 6.77. The number of rotatable bonds is 2. The van der Waals surface area contributed by atoms with Crippen LogP contribution in [0.4, 0.5) is 0 Å². The second kappa shape index (κ2) is 5.23. The summed E-state index contributed by atoms with van der Waals surface area (Å²) in [5.41, 5.74) is 2.69. The first-order chi connectivity index (χ1) is 11.8. The molecule has 1 aliphatic heterocycles. The van der Waals surface area contributed by atoms with E-state index < -0.39 is 0 Å². The molecular weight excluding hydrogens is 302 g/mol. The monoisotopic (exact) mass is 321 g/mol. The van der Waals surface area contributed by atoms with Crippen molar-refractivity contribution in [3.63, 3.8) is 0 Å². The van der Waals surface area contributed by atoms with Gasteiger partial charge in [-0.15, -0.1) is 0 Å². The lowest BCUT2D eigenvalue weighted by Gasteiger charge is -2.25. The maximum Gasteiger partial charge on any atom is 0.254 e. The average molecular weight is 321 g/mol. The molecule has 1 fully saturated rings. The van der Waals surface area contributed by atoms with Crippen LogP contribution in [0.5, 0.6) is 0 Å². The van der Waals surface area contributed by atoms with Gasteiger partial charge in [-0.05, 0) is 31.0 Å². The Morgan fingerprint density at radius 1 is 1.29 bits per heavy atom. The first-order valence-corrected chi connectivity index (χ1v) is 8.63. The van der Waals surface area contributed by atoms with E-state index in [9.17, 15) is 4.79 Å². The van der Waals surface area contributed by atoms with Crippen molar-refractivity contribution < 1.29 is 9.21 Å².